The van der Waals surface area contributed by atoms with Crippen LogP contribution in [-0.2, 0) is 14.8 Å². The van der Waals surface area contributed by atoms with E-state index in [1.165, 1.54) is 37.6 Å². The van der Waals surface area contributed by atoms with Gasteiger partial charge in [0.05, 0.1) is 34.5 Å². The molecule has 4 rings (SSSR count). The summed E-state index contributed by atoms with van der Waals surface area (Å²) in [7, 11) is -2.15. The number of nitrogens with zero attached hydrogens (tertiary/aromatic N) is 3. The Labute approximate surface area is 191 Å². The maximum atomic E-state index is 12.8. The Balaban J connectivity index is 1.49. The molecule has 0 radical (unpaired) electrons. The van der Waals surface area contributed by atoms with Gasteiger partial charge in [-0.3, -0.25) is 4.79 Å². The van der Waals surface area contributed by atoms with Crippen molar-refractivity contribution in [2.24, 2.45) is 0 Å². The number of anilines is 1. The van der Waals surface area contributed by atoms with Crippen molar-refractivity contribution in [3.05, 3.63) is 78.1 Å². The number of sulfonamides is 1. The van der Waals surface area contributed by atoms with Crippen LogP contribution in [0.25, 0.3) is 16.7 Å². The van der Waals surface area contributed by atoms with Crippen LogP contribution in [0.5, 0.6) is 0 Å². The molecule has 33 heavy (non-hydrogen) atoms. The van der Waals surface area contributed by atoms with E-state index in [0.29, 0.717) is 22.8 Å². The zero-order valence-electron chi connectivity index (χ0n) is 18.1. The van der Waals surface area contributed by atoms with Crippen molar-refractivity contribution in [3.63, 3.8) is 0 Å². The van der Waals surface area contributed by atoms with Crippen molar-refractivity contribution in [3.8, 4) is 5.82 Å². The number of hydrogen-bond acceptors (Lipinski definition) is 6. The first-order valence-electron chi connectivity index (χ1n) is 10.2. The van der Waals surface area contributed by atoms with Crippen LogP contribution in [0, 0.1) is 6.92 Å². The summed E-state index contributed by atoms with van der Waals surface area (Å²) >= 11 is 0. The lowest BCUT2D eigenvalue weighted by molar-refractivity contribution is 0.102. The molecule has 170 valence electrons. The van der Waals surface area contributed by atoms with Gasteiger partial charge in [-0.25, -0.2) is 22.8 Å². The van der Waals surface area contributed by atoms with E-state index >= 15 is 0 Å². The fourth-order valence-corrected chi connectivity index (χ4v) is 4.33. The van der Waals surface area contributed by atoms with Crippen molar-refractivity contribution < 1.29 is 17.9 Å². The number of carbonyl (C=O) groups excluding carboxylic acids is 1. The number of fused-ring (bicyclic) bond motifs is 1. The average molecular weight is 466 g/mol. The van der Waals surface area contributed by atoms with E-state index in [9.17, 15) is 13.2 Å². The maximum Gasteiger partial charge on any atom is 0.259 e. The molecular formula is C23H23N5O4S. The highest BCUT2D eigenvalue weighted by Gasteiger charge is 2.17. The number of nitrogens with one attached hydrogen (secondary N) is 2. The molecule has 9 nitrogen and oxygen atoms in total. The molecule has 0 saturated carbocycles. The van der Waals surface area contributed by atoms with Crippen LogP contribution in [0.4, 0.5) is 5.69 Å². The Bertz CT molecular complexity index is 1400. The van der Waals surface area contributed by atoms with Crippen LogP contribution < -0.4 is 10.0 Å². The molecule has 0 unspecified atom stereocenters. The molecule has 0 bridgehead atoms. The average Bonchev–Trinajstić information content (AvgIpc) is 3.20. The number of para-hydroxylation sites is 1. The topological polar surface area (TPSA) is 115 Å². The third-order valence-electron chi connectivity index (χ3n) is 5.08. The van der Waals surface area contributed by atoms with Crippen LogP contribution in [-0.4, -0.2) is 49.4 Å². The van der Waals surface area contributed by atoms with Crippen molar-refractivity contribution in [1.29, 1.82) is 0 Å². The largest absolute Gasteiger partial charge is 0.383 e. The number of benzene rings is 2. The Morgan fingerprint density at radius 2 is 1.82 bits per heavy atom. The molecule has 2 aromatic carbocycles. The molecule has 0 aliphatic carbocycles. The Morgan fingerprint density at radius 1 is 1.06 bits per heavy atom. The van der Waals surface area contributed by atoms with Gasteiger partial charge in [-0.2, -0.15) is 5.10 Å². The monoisotopic (exact) mass is 465 g/mol. The number of rotatable bonds is 8. The molecule has 2 N–H and O–H groups in total. The lowest BCUT2D eigenvalue weighted by Crippen LogP contribution is -2.27. The summed E-state index contributed by atoms with van der Waals surface area (Å²) in [6.07, 6.45) is 1.49. The minimum Gasteiger partial charge on any atom is -0.383 e. The number of carbonyl (C=O) groups is 1. The normalized spacial score (nSPS) is 11.6. The second kappa shape index (κ2) is 9.49. The smallest absolute Gasteiger partial charge is 0.259 e. The summed E-state index contributed by atoms with van der Waals surface area (Å²) < 4.78 is 33.4. The highest BCUT2D eigenvalue weighted by Crippen LogP contribution is 2.19. The van der Waals surface area contributed by atoms with Gasteiger partial charge in [0.25, 0.3) is 5.91 Å². The SMILES string of the molecule is COCCNS(=O)(=O)c1ccc(NC(=O)c2cnn(-c3ccc4ccccc4n3)c2C)cc1. The minimum absolute atomic E-state index is 0.1000. The van der Waals surface area contributed by atoms with Gasteiger partial charge < -0.3 is 10.1 Å². The lowest BCUT2D eigenvalue weighted by Gasteiger charge is -2.09. The van der Waals surface area contributed by atoms with Gasteiger partial charge in [-0.1, -0.05) is 18.2 Å². The van der Waals surface area contributed by atoms with Gasteiger partial charge in [-0.15, -0.1) is 0 Å². The zero-order chi connectivity index (χ0) is 23.4. The van der Waals surface area contributed by atoms with E-state index in [1.54, 1.807) is 11.6 Å². The Hall–Kier alpha value is -3.60. The number of hydrogen-bond donors (Lipinski definition) is 2. The van der Waals surface area contributed by atoms with Crippen LogP contribution in [0.2, 0.25) is 0 Å². The molecule has 2 heterocycles. The molecule has 0 saturated heterocycles. The minimum atomic E-state index is -3.64. The summed E-state index contributed by atoms with van der Waals surface area (Å²) in [5.74, 6) is 0.258. The van der Waals surface area contributed by atoms with E-state index in [1.807, 2.05) is 36.4 Å². The molecule has 0 fully saturated rings. The third kappa shape index (κ3) is 4.92. The van der Waals surface area contributed by atoms with Crippen LogP contribution in [0.3, 0.4) is 0 Å². The number of amides is 1. The molecule has 10 heteroatoms. The molecule has 0 atom stereocenters. The summed E-state index contributed by atoms with van der Waals surface area (Å²) in [4.78, 5) is 17.5. The molecule has 0 aliphatic heterocycles. The van der Waals surface area contributed by atoms with Gasteiger partial charge in [0.1, 0.15) is 0 Å². The first kappa shape index (κ1) is 22.6. The van der Waals surface area contributed by atoms with Crippen LogP contribution in [0.1, 0.15) is 16.1 Å². The molecule has 0 aliphatic rings. The standard InChI is InChI=1S/C23H23N5O4S/c1-16-20(15-24-28(16)22-12-7-17-5-3-4-6-21(17)27-22)23(29)26-18-8-10-19(11-9-18)33(30,31)25-13-14-32-2/h3-12,15,25H,13-14H2,1-2H3,(H,26,29). The van der Waals surface area contributed by atoms with E-state index in [0.717, 1.165) is 10.9 Å². The van der Waals surface area contributed by atoms with Gasteiger partial charge in [0, 0.05) is 24.7 Å². The van der Waals surface area contributed by atoms with Crippen LogP contribution in [0.15, 0.2) is 71.8 Å². The predicted molar refractivity (Wildman–Crippen MR) is 125 cm³/mol. The van der Waals surface area contributed by atoms with Gasteiger partial charge in [-0.05, 0) is 49.4 Å². The second-order valence-electron chi connectivity index (χ2n) is 7.29. The van der Waals surface area contributed by atoms with Crippen molar-refractivity contribution in [1.82, 2.24) is 19.5 Å². The summed E-state index contributed by atoms with van der Waals surface area (Å²) in [5, 5.41) is 8.13. The van der Waals surface area contributed by atoms with E-state index in [4.69, 9.17) is 4.74 Å². The first-order chi connectivity index (χ1) is 15.9. The fraction of sp³-hybridized carbons (Fsp3) is 0.174. The Morgan fingerprint density at radius 3 is 2.58 bits per heavy atom. The highest BCUT2D eigenvalue weighted by molar-refractivity contribution is 7.89. The van der Waals surface area contributed by atoms with Crippen molar-refractivity contribution in [2.75, 3.05) is 25.6 Å². The zero-order valence-corrected chi connectivity index (χ0v) is 19.0. The van der Waals surface area contributed by atoms with Crippen molar-refractivity contribution in [2.45, 2.75) is 11.8 Å². The predicted octanol–water partition coefficient (Wildman–Crippen LogP) is 2.91. The molecule has 4 aromatic rings. The van der Waals surface area contributed by atoms with E-state index in [2.05, 4.69) is 20.1 Å². The van der Waals surface area contributed by atoms with Crippen molar-refractivity contribution >= 4 is 32.5 Å². The molecule has 1 amide bonds. The fourth-order valence-electron chi connectivity index (χ4n) is 3.31. The number of ether oxygens (including phenoxy) is 1. The van der Waals surface area contributed by atoms with E-state index in [-0.39, 0.29) is 24.0 Å². The van der Waals surface area contributed by atoms with Gasteiger partial charge in [0.15, 0.2) is 5.82 Å². The lowest BCUT2D eigenvalue weighted by atomic mass is 10.2. The Kier molecular flexibility index (Phi) is 6.50. The van der Waals surface area contributed by atoms with E-state index < -0.39 is 10.0 Å². The summed E-state index contributed by atoms with van der Waals surface area (Å²) in [5.41, 5.74) is 2.33. The second-order valence-corrected chi connectivity index (χ2v) is 9.05. The number of pyridine rings is 1. The molecule has 2 aromatic heterocycles. The van der Waals surface area contributed by atoms with Gasteiger partial charge >= 0.3 is 0 Å². The third-order valence-corrected chi connectivity index (χ3v) is 6.55. The quantitative estimate of drug-likeness (QED) is 0.387. The van der Waals surface area contributed by atoms with Crippen LogP contribution >= 0.6 is 0 Å². The molecular weight excluding hydrogens is 442 g/mol. The van der Waals surface area contributed by atoms with Gasteiger partial charge in [0.2, 0.25) is 10.0 Å². The molecule has 0 spiro atoms. The summed E-state index contributed by atoms with van der Waals surface area (Å²) in [6, 6.07) is 17.5. The number of methoxy groups -OCH3 is 1. The first-order valence-corrected chi connectivity index (χ1v) is 11.7. The number of aromatic nitrogens is 3. The highest BCUT2D eigenvalue weighted by atomic mass is 32.2. The summed E-state index contributed by atoms with van der Waals surface area (Å²) in [6.45, 7) is 2.24. The maximum absolute atomic E-state index is 12.8.